The lowest BCUT2D eigenvalue weighted by molar-refractivity contribution is 0.515. The standard InChI is InChI=1S/C16H17N3O/c1-13-6-9-20-16(13)11-17-15-5-2-4-14(10-15)12-19-8-3-7-18-19/h2-10,17H,11-12H2,1H3. The Hall–Kier alpha value is -2.49. The first kappa shape index (κ1) is 12.5. The molecule has 0 radical (unpaired) electrons. The van der Waals surface area contributed by atoms with Crippen LogP contribution in [0.3, 0.4) is 0 Å². The molecule has 0 bridgehead atoms. The summed E-state index contributed by atoms with van der Waals surface area (Å²) in [4.78, 5) is 0. The molecule has 0 saturated heterocycles. The summed E-state index contributed by atoms with van der Waals surface area (Å²) < 4.78 is 7.34. The van der Waals surface area contributed by atoms with Crippen LogP contribution in [-0.4, -0.2) is 9.78 Å². The van der Waals surface area contributed by atoms with Gasteiger partial charge < -0.3 is 9.73 Å². The molecule has 0 aliphatic heterocycles. The zero-order valence-corrected chi connectivity index (χ0v) is 11.4. The summed E-state index contributed by atoms with van der Waals surface area (Å²) in [6, 6.07) is 12.3. The van der Waals surface area contributed by atoms with Gasteiger partial charge in [-0.1, -0.05) is 12.1 Å². The van der Waals surface area contributed by atoms with E-state index in [4.69, 9.17) is 4.42 Å². The fourth-order valence-electron chi connectivity index (χ4n) is 2.13. The minimum Gasteiger partial charge on any atom is -0.467 e. The molecular weight excluding hydrogens is 250 g/mol. The van der Waals surface area contributed by atoms with Crippen molar-refractivity contribution in [1.29, 1.82) is 0 Å². The van der Waals surface area contributed by atoms with Gasteiger partial charge in [0, 0.05) is 18.1 Å². The third-order valence-electron chi connectivity index (χ3n) is 3.25. The molecule has 102 valence electrons. The molecule has 1 N–H and O–H groups in total. The third kappa shape index (κ3) is 2.91. The summed E-state index contributed by atoms with van der Waals surface area (Å²) in [5, 5.41) is 7.61. The van der Waals surface area contributed by atoms with E-state index in [1.54, 1.807) is 12.5 Å². The number of nitrogens with one attached hydrogen (secondary N) is 1. The molecular formula is C16H17N3O. The van der Waals surface area contributed by atoms with E-state index in [2.05, 4.69) is 41.6 Å². The summed E-state index contributed by atoms with van der Waals surface area (Å²) in [6.45, 7) is 3.53. The van der Waals surface area contributed by atoms with Gasteiger partial charge in [-0.3, -0.25) is 4.68 Å². The summed E-state index contributed by atoms with van der Waals surface area (Å²) in [5.74, 6) is 0.975. The molecule has 0 aliphatic rings. The van der Waals surface area contributed by atoms with Crippen LogP contribution in [0, 0.1) is 6.92 Å². The van der Waals surface area contributed by atoms with Gasteiger partial charge in [0.25, 0.3) is 0 Å². The monoisotopic (exact) mass is 267 g/mol. The van der Waals surface area contributed by atoms with Crippen molar-refractivity contribution in [3.63, 3.8) is 0 Å². The summed E-state index contributed by atoms with van der Waals surface area (Å²) in [7, 11) is 0. The van der Waals surface area contributed by atoms with E-state index in [1.165, 1.54) is 11.1 Å². The maximum absolute atomic E-state index is 5.42. The van der Waals surface area contributed by atoms with Crippen molar-refractivity contribution >= 4 is 5.69 Å². The average molecular weight is 267 g/mol. The summed E-state index contributed by atoms with van der Waals surface area (Å²) in [6.07, 6.45) is 5.48. The van der Waals surface area contributed by atoms with Gasteiger partial charge in [-0.15, -0.1) is 0 Å². The van der Waals surface area contributed by atoms with Crippen molar-refractivity contribution in [2.75, 3.05) is 5.32 Å². The highest BCUT2D eigenvalue weighted by Crippen LogP contribution is 2.15. The second-order valence-corrected chi connectivity index (χ2v) is 4.78. The Morgan fingerprint density at radius 1 is 1.25 bits per heavy atom. The molecule has 2 aromatic heterocycles. The van der Waals surface area contributed by atoms with Crippen LogP contribution in [-0.2, 0) is 13.1 Å². The van der Waals surface area contributed by atoms with Crippen LogP contribution in [0.4, 0.5) is 5.69 Å². The van der Waals surface area contributed by atoms with Gasteiger partial charge in [-0.05, 0) is 42.3 Å². The summed E-state index contributed by atoms with van der Waals surface area (Å²) in [5.41, 5.74) is 3.48. The highest BCUT2D eigenvalue weighted by molar-refractivity contribution is 5.46. The molecule has 0 unspecified atom stereocenters. The lowest BCUT2D eigenvalue weighted by Gasteiger charge is -2.08. The molecule has 0 saturated carbocycles. The predicted molar refractivity (Wildman–Crippen MR) is 78.5 cm³/mol. The Morgan fingerprint density at radius 3 is 2.95 bits per heavy atom. The number of hydrogen-bond acceptors (Lipinski definition) is 3. The third-order valence-corrected chi connectivity index (χ3v) is 3.25. The van der Waals surface area contributed by atoms with Gasteiger partial charge in [0.2, 0.25) is 0 Å². The molecule has 2 heterocycles. The van der Waals surface area contributed by atoms with Crippen molar-refractivity contribution in [2.24, 2.45) is 0 Å². The van der Waals surface area contributed by atoms with Crippen LogP contribution < -0.4 is 5.32 Å². The van der Waals surface area contributed by atoms with E-state index in [0.29, 0.717) is 6.54 Å². The van der Waals surface area contributed by atoms with Crippen LogP contribution >= 0.6 is 0 Å². The van der Waals surface area contributed by atoms with Crippen molar-refractivity contribution < 1.29 is 4.42 Å². The van der Waals surface area contributed by atoms with E-state index in [0.717, 1.165) is 18.0 Å². The molecule has 0 amide bonds. The Balaban J connectivity index is 1.67. The molecule has 20 heavy (non-hydrogen) atoms. The van der Waals surface area contributed by atoms with Gasteiger partial charge in [-0.2, -0.15) is 5.10 Å². The van der Waals surface area contributed by atoms with Crippen LogP contribution in [0.25, 0.3) is 0 Å². The highest BCUT2D eigenvalue weighted by Gasteiger charge is 2.02. The molecule has 0 fully saturated rings. The van der Waals surface area contributed by atoms with E-state index in [9.17, 15) is 0 Å². The van der Waals surface area contributed by atoms with Crippen molar-refractivity contribution in [2.45, 2.75) is 20.0 Å². The maximum Gasteiger partial charge on any atom is 0.125 e. The van der Waals surface area contributed by atoms with Gasteiger partial charge in [0.15, 0.2) is 0 Å². The lowest BCUT2D eigenvalue weighted by Crippen LogP contribution is -2.02. The maximum atomic E-state index is 5.42. The normalized spacial score (nSPS) is 10.7. The number of furan rings is 1. The molecule has 4 heteroatoms. The number of nitrogens with zero attached hydrogens (tertiary/aromatic N) is 2. The minimum atomic E-state index is 0.698. The number of hydrogen-bond donors (Lipinski definition) is 1. The van der Waals surface area contributed by atoms with E-state index in [1.807, 2.05) is 23.0 Å². The van der Waals surface area contributed by atoms with Crippen molar-refractivity contribution in [1.82, 2.24) is 9.78 Å². The lowest BCUT2D eigenvalue weighted by atomic mass is 10.2. The first-order valence-electron chi connectivity index (χ1n) is 6.64. The molecule has 0 aliphatic carbocycles. The minimum absolute atomic E-state index is 0.698. The Bertz CT molecular complexity index is 671. The Morgan fingerprint density at radius 2 is 2.20 bits per heavy atom. The van der Waals surface area contributed by atoms with E-state index >= 15 is 0 Å². The second kappa shape index (κ2) is 5.65. The van der Waals surface area contributed by atoms with Gasteiger partial charge in [0.05, 0.1) is 19.4 Å². The molecule has 0 spiro atoms. The smallest absolute Gasteiger partial charge is 0.125 e. The molecule has 3 aromatic rings. The van der Waals surface area contributed by atoms with Gasteiger partial charge in [0.1, 0.15) is 5.76 Å². The highest BCUT2D eigenvalue weighted by atomic mass is 16.3. The Labute approximate surface area is 118 Å². The summed E-state index contributed by atoms with van der Waals surface area (Å²) >= 11 is 0. The molecule has 0 atom stereocenters. The Kier molecular flexibility index (Phi) is 3.54. The van der Waals surface area contributed by atoms with E-state index < -0.39 is 0 Å². The average Bonchev–Trinajstić information content (AvgIpc) is 3.09. The second-order valence-electron chi connectivity index (χ2n) is 4.78. The topological polar surface area (TPSA) is 43.0 Å². The number of aryl methyl sites for hydroxylation is 1. The zero-order valence-electron chi connectivity index (χ0n) is 11.4. The van der Waals surface area contributed by atoms with Crippen molar-refractivity contribution in [3.05, 3.63) is 71.9 Å². The van der Waals surface area contributed by atoms with Crippen LogP contribution in [0.5, 0.6) is 0 Å². The number of anilines is 1. The number of benzene rings is 1. The fourth-order valence-corrected chi connectivity index (χ4v) is 2.13. The van der Waals surface area contributed by atoms with Crippen molar-refractivity contribution in [3.8, 4) is 0 Å². The molecule has 4 nitrogen and oxygen atoms in total. The first-order chi connectivity index (χ1) is 9.81. The number of aromatic nitrogens is 2. The fraction of sp³-hybridized carbons (Fsp3) is 0.188. The van der Waals surface area contributed by atoms with Gasteiger partial charge >= 0.3 is 0 Å². The van der Waals surface area contributed by atoms with Crippen LogP contribution in [0.1, 0.15) is 16.9 Å². The predicted octanol–water partition coefficient (Wildman–Crippen LogP) is 3.44. The molecule has 1 aromatic carbocycles. The zero-order chi connectivity index (χ0) is 13.8. The largest absolute Gasteiger partial charge is 0.467 e. The first-order valence-corrected chi connectivity index (χ1v) is 6.64. The molecule has 3 rings (SSSR count). The van der Waals surface area contributed by atoms with Crippen LogP contribution in [0.15, 0.2) is 59.5 Å². The van der Waals surface area contributed by atoms with E-state index in [-0.39, 0.29) is 0 Å². The quantitative estimate of drug-likeness (QED) is 0.770. The number of rotatable bonds is 5. The van der Waals surface area contributed by atoms with Gasteiger partial charge in [-0.25, -0.2) is 0 Å². The SMILES string of the molecule is Cc1ccoc1CNc1cccc(Cn2cccn2)c1. The van der Waals surface area contributed by atoms with Crippen LogP contribution in [0.2, 0.25) is 0 Å².